The maximum absolute atomic E-state index is 2.57. The molecule has 0 saturated carbocycles. The summed E-state index contributed by atoms with van der Waals surface area (Å²) in [6, 6.07) is 34.6. The number of hydrogen-bond acceptors (Lipinski definition) is 0. The molecule has 0 N–H and O–H groups in total. The molecule has 0 atom stereocenters. The summed E-state index contributed by atoms with van der Waals surface area (Å²) >= 11 is 0. The maximum atomic E-state index is 2.57. The third kappa shape index (κ3) is 2.15. The van der Waals surface area contributed by atoms with Crippen molar-refractivity contribution >= 4 is 71.5 Å². The molecule has 0 spiro atoms. The second-order valence-corrected chi connectivity index (χ2v) is 12.8. The van der Waals surface area contributed by atoms with Gasteiger partial charge in [0.05, 0.1) is 33.1 Å². The van der Waals surface area contributed by atoms with Crippen LogP contribution in [0.3, 0.4) is 0 Å². The van der Waals surface area contributed by atoms with Gasteiger partial charge in [-0.1, -0.05) is 80.6 Å². The number of aryl methyl sites for hydroxylation is 1. The maximum Gasteiger partial charge on any atom is 0.0620 e. The molecule has 2 heteroatoms. The molecule has 4 heterocycles. The van der Waals surface area contributed by atoms with E-state index in [1.54, 1.807) is 0 Å². The molecule has 41 heavy (non-hydrogen) atoms. The predicted octanol–water partition coefficient (Wildman–Crippen LogP) is 9.15. The van der Waals surface area contributed by atoms with Crippen molar-refractivity contribution in [2.75, 3.05) is 0 Å². The number of rotatable bonds is 0. The molecule has 11 rings (SSSR count). The van der Waals surface area contributed by atoms with Crippen LogP contribution in [-0.4, -0.2) is 8.80 Å². The van der Waals surface area contributed by atoms with E-state index < -0.39 is 0 Å². The largest absolute Gasteiger partial charge is 0.308 e. The fraction of sp³-hybridized carbons (Fsp3) is 0.128. The molecule has 2 aliphatic carbocycles. The highest BCUT2D eigenvalue weighted by atomic mass is 14.9. The average Bonchev–Trinajstić information content (AvgIpc) is 3.76. The Labute approximate surface area is 236 Å². The van der Waals surface area contributed by atoms with E-state index in [1.807, 2.05) is 0 Å². The molecule has 0 radical (unpaired) electrons. The van der Waals surface area contributed by atoms with Gasteiger partial charge in [-0.15, -0.1) is 0 Å². The van der Waals surface area contributed by atoms with Gasteiger partial charge < -0.3 is 8.80 Å². The van der Waals surface area contributed by atoms with Gasteiger partial charge >= 0.3 is 0 Å². The lowest BCUT2D eigenvalue weighted by Crippen LogP contribution is -2.15. The summed E-state index contributed by atoms with van der Waals surface area (Å²) in [7, 11) is 0. The molecule has 9 aromatic rings. The number of fused-ring (bicyclic) bond motifs is 16. The van der Waals surface area contributed by atoms with Crippen LogP contribution >= 0.6 is 0 Å². The SMILES string of the molecule is CC1(C)c2cc3c4c5c(c6ccccc6n5c3cc2-c2c1ccc1c2c2cccc3c5ccccc5n1c32)CCC=4. The van der Waals surface area contributed by atoms with Gasteiger partial charge in [0.15, 0.2) is 0 Å². The zero-order chi connectivity index (χ0) is 26.8. The molecule has 0 bridgehead atoms. The van der Waals surface area contributed by atoms with Crippen molar-refractivity contribution < 1.29 is 0 Å². The molecule has 0 aliphatic heterocycles. The Morgan fingerprint density at radius 3 is 2.20 bits per heavy atom. The van der Waals surface area contributed by atoms with Crippen molar-refractivity contribution in [3.63, 3.8) is 0 Å². The van der Waals surface area contributed by atoms with Crippen molar-refractivity contribution in [1.82, 2.24) is 8.80 Å². The summed E-state index contributed by atoms with van der Waals surface area (Å²) in [6.45, 7) is 4.85. The summed E-state index contributed by atoms with van der Waals surface area (Å²) < 4.78 is 5.08. The van der Waals surface area contributed by atoms with Crippen LogP contribution < -0.4 is 5.22 Å². The highest BCUT2D eigenvalue weighted by Gasteiger charge is 2.38. The minimum Gasteiger partial charge on any atom is -0.308 e. The predicted molar refractivity (Wildman–Crippen MR) is 173 cm³/mol. The minimum absolute atomic E-state index is 0.0701. The van der Waals surface area contributed by atoms with Crippen molar-refractivity contribution in [3.8, 4) is 11.1 Å². The van der Waals surface area contributed by atoms with Crippen LogP contribution in [0.4, 0.5) is 0 Å². The summed E-state index contributed by atoms with van der Waals surface area (Å²) in [5, 5.41) is 9.70. The number of benzene rings is 5. The van der Waals surface area contributed by atoms with E-state index in [0.717, 1.165) is 12.8 Å². The summed E-state index contributed by atoms with van der Waals surface area (Å²) in [4.78, 5) is 0. The van der Waals surface area contributed by atoms with Crippen LogP contribution in [0, 0.1) is 0 Å². The van der Waals surface area contributed by atoms with E-state index in [1.165, 1.54) is 98.5 Å². The van der Waals surface area contributed by atoms with E-state index in [-0.39, 0.29) is 5.41 Å². The van der Waals surface area contributed by atoms with Crippen molar-refractivity contribution in [1.29, 1.82) is 0 Å². The van der Waals surface area contributed by atoms with Crippen LogP contribution in [0.1, 0.15) is 37.0 Å². The average molecular weight is 523 g/mol. The molecular weight excluding hydrogens is 496 g/mol. The standard InChI is InChI=1S/C39H26N2/c1-39(2)29-17-18-33-36(26-14-8-12-24-22-10-3-5-15-31(22)40(33)38(24)26)35(29)28-20-34-27(19-30(28)39)25-13-7-11-23-21-9-4-6-16-32(21)41(34)37(23)25/h3-6,8-10,12-20H,7,11H2,1-2H3. The topological polar surface area (TPSA) is 8.82 Å². The molecule has 192 valence electrons. The van der Waals surface area contributed by atoms with Gasteiger partial charge in [-0.25, -0.2) is 0 Å². The lowest BCUT2D eigenvalue weighted by Gasteiger charge is -2.21. The third-order valence-corrected chi connectivity index (χ3v) is 10.6. The van der Waals surface area contributed by atoms with Crippen molar-refractivity contribution in [2.45, 2.75) is 32.1 Å². The number of nitrogens with zero attached hydrogens (tertiary/aromatic N) is 2. The second kappa shape index (κ2) is 6.56. The molecule has 2 aliphatic rings. The Balaban J connectivity index is 1.37. The van der Waals surface area contributed by atoms with E-state index in [9.17, 15) is 0 Å². The fourth-order valence-corrected chi connectivity index (χ4v) is 8.97. The molecule has 0 amide bonds. The van der Waals surface area contributed by atoms with E-state index in [2.05, 4.69) is 120 Å². The van der Waals surface area contributed by atoms with Crippen LogP contribution in [0.5, 0.6) is 0 Å². The van der Waals surface area contributed by atoms with Gasteiger partial charge in [0, 0.05) is 43.0 Å². The smallest absolute Gasteiger partial charge is 0.0620 e. The lowest BCUT2D eigenvalue weighted by atomic mass is 9.82. The molecule has 0 saturated heterocycles. The molecule has 2 nitrogen and oxygen atoms in total. The summed E-state index contributed by atoms with van der Waals surface area (Å²) in [5.74, 6) is 0. The second-order valence-electron chi connectivity index (χ2n) is 12.8. The van der Waals surface area contributed by atoms with Gasteiger partial charge in [-0.3, -0.25) is 0 Å². The first kappa shape index (κ1) is 21.0. The minimum atomic E-state index is -0.0701. The zero-order valence-corrected chi connectivity index (χ0v) is 23.0. The van der Waals surface area contributed by atoms with Crippen molar-refractivity contribution in [3.05, 3.63) is 113 Å². The van der Waals surface area contributed by atoms with Crippen molar-refractivity contribution in [2.24, 2.45) is 0 Å². The van der Waals surface area contributed by atoms with Gasteiger partial charge in [0.25, 0.3) is 0 Å². The van der Waals surface area contributed by atoms with Gasteiger partial charge in [0.1, 0.15) is 0 Å². The first-order valence-corrected chi connectivity index (χ1v) is 14.9. The Morgan fingerprint density at radius 1 is 0.585 bits per heavy atom. The lowest BCUT2D eigenvalue weighted by molar-refractivity contribution is 0.661. The highest BCUT2D eigenvalue weighted by Crippen LogP contribution is 2.55. The molecule has 0 fully saturated rings. The Kier molecular flexibility index (Phi) is 3.36. The first-order chi connectivity index (χ1) is 20.1. The summed E-state index contributed by atoms with van der Waals surface area (Å²) in [6.07, 6.45) is 4.72. The highest BCUT2D eigenvalue weighted by molar-refractivity contribution is 6.27. The van der Waals surface area contributed by atoms with Crippen LogP contribution in [0.15, 0.2) is 91.0 Å². The van der Waals surface area contributed by atoms with Gasteiger partial charge in [-0.05, 0) is 71.0 Å². The summed E-state index contributed by atoms with van der Waals surface area (Å²) in [5.41, 5.74) is 15.3. The Bertz CT molecular complexity index is 2710. The Hall–Kier alpha value is -4.82. The molecular formula is C39H26N2. The van der Waals surface area contributed by atoms with Crippen LogP contribution in [-0.2, 0) is 11.8 Å². The van der Waals surface area contributed by atoms with E-state index in [0.29, 0.717) is 0 Å². The molecule has 5 aromatic carbocycles. The third-order valence-electron chi connectivity index (χ3n) is 10.6. The Morgan fingerprint density at radius 2 is 1.32 bits per heavy atom. The quantitative estimate of drug-likeness (QED) is 0.188. The van der Waals surface area contributed by atoms with Gasteiger partial charge in [-0.2, -0.15) is 0 Å². The van der Waals surface area contributed by atoms with Gasteiger partial charge in [0.2, 0.25) is 0 Å². The fourth-order valence-electron chi connectivity index (χ4n) is 8.97. The monoisotopic (exact) mass is 522 g/mol. The van der Waals surface area contributed by atoms with Crippen LogP contribution in [0.25, 0.3) is 82.6 Å². The normalized spacial score (nSPS) is 15.8. The number of para-hydroxylation sites is 3. The molecule has 0 unspecified atom stereocenters. The van der Waals surface area contributed by atoms with E-state index in [4.69, 9.17) is 0 Å². The van der Waals surface area contributed by atoms with Crippen LogP contribution in [0.2, 0.25) is 0 Å². The number of aromatic nitrogens is 2. The zero-order valence-electron chi connectivity index (χ0n) is 23.0. The number of hydrogen-bond donors (Lipinski definition) is 0. The molecule has 4 aromatic heterocycles. The first-order valence-electron chi connectivity index (χ1n) is 14.9. The van der Waals surface area contributed by atoms with E-state index >= 15 is 0 Å².